The van der Waals surface area contributed by atoms with Crippen molar-refractivity contribution in [1.29, 1.82) is 0 Å². The van der Waals surface area contributed by atoms with Gasteiger partial charge in [-0.3, -0.25) is 4.79 Å². The molecule has 3 heteroatoms. The second kappa shape index (κ2) is 3.63. The minimum atomic E-state index is -0.627. The van der Waals surface area contributed by atoms with E-state index < -0.39 is 11.6 Å². The molecule has 0 spiro atoms. The average molecular weight is 163 g/mol. The summed E-state index contributed by atoms with van der Waals surface area (Å²) >= 11 is 0. The van der Waals surface area contributed by atoms with Crippen molar-refractivity contribution in [3.05, 3.63) is 29.8 Å². The highest BCUT2D eigenvalue weighted by molar-refractivity contribution is 5.95. The number of terminal acetylenes is 1. The Morgan fingerprint density at radius 1 is 1.75 bits per heavy atom. The topological polar surface area (TPSA) is 30.0 Å². The number of aromatic nitrogens is 1. The van der Waals surface area contributed by atoms with Crippen molar-refractivity contribution >= 4 is 5.78 Å². The molecule has 12 heavy (non-hydrogen) atoms. The Hall–Kier alpha value is -1.69. The van der Waals surface area contributed by atoms with E-state index in [1.807, 2.05) is 0 Å². The summed E-state index contributed by atoms with van der Waals surface area (Å²) < 4.78 is 12.8. The van der Waals surface area contributed by atoms with Gasteiger partial charge in [-0.15, -0.1) is 6.42 Å². The van der Waals surface area contributed by atoms with Gasteiger partial charge in [0.2, 0.25) is 0 Å². The summed E-state index contributed by atoms with van der Waals surface area (Å²) in [5.41, 5.74) is -0.185. The van der Waals surface area contributed by atoms with Gasteiger partial charge in [-0.1, -0.05) is 5.92 Å². The van der Waals surface area contributed by atoms with Gasteiger partial charge in [-0.2, -0.15) is 0 Å². The van der Waals surface area contributed by atoms with E-state index in [9.17, 15) is 9.18 Å². The molecule has 1 rings (SSSR count). The van der Waals surface area contributed by atoms with Crippen molar-refractivity contribution in [1.82, 2.24) is 4.98 Å². The number of halogens is 1. The third-order valence-electron chi connectivity index (χ3n) is 1.29. The van der Waals surface area contributed by atoms with Crippen LogP contribution >= 0.6 is 0 Å². The lowest BCUT2D eigenvalue weighted by Gasteiger charge is -1.95. The highest BCUT2D eigenvalue weighted by Crippen LogP contribution is 2.04. The van der Waals surface area contributed by atoms with Crippen molar-refractivity contribution in [2.24, 2.45) is 0 Å². The minimum absolute atomic E-state index is 0.117. The fourth-order valence-corrected chi connectivity index (χ4v) is 0.767. The Labute approximate surface area is 69.4 Å². The van der Waals surface area contributed by atoms with Gasteiger partial charge >= 0.3 is 0 Å². The summed E-state index contributed by atoms with van der Waals surface area (Å²) in [6.07, 6.45) is 6.13. The van der Waals surface area contributed by atoms with Gasteiger partial charge in [0.1, 0.15) is 5.69 Å². The Morgan fingerprint density at radius 3 is 3.08 bits per heavy atom. The van der Waals surface area contributed by atoms with E-state index in [2.05, 4.69) is 10.9 Å². The number of ketones is 1. The maximum absolute atomic E-state index is 12.8. The number of carbonyl (C=O) groups is 1. The summed E-state index contributed by atoms with van der Waals surface area (Å²) in [5, 5.41) is 0. The van der Waals surface area contributed by atoms with Crippen LogP contribution in [0, 0.1) is 18.2 Å². The first-order valence-electron chi connectivity index (χ1n) is 3.33. The molecule has 0 bridgehead atoms. The summed E-state index contributed by atoms with van der Waals surface area (Å²) in [6.45, 7) is 0. The second-order valence-corrected chi connectivity index (χ2v) is 2.14. The lowest BCUT2D eigenvalue weighted by atomic mass is 10.2. The maximum atomic E-state index is 12.8. The van der Waals surface area contributed by atoms with E-state index in [0.717, 1.165) is 0 Å². The molecule has 0 aliphatic carbocycles. The first kappa shape index (κ1) is 8.41. The van der Waals surface area contributed by atoms with Gasteiger partial charge in [0.25, 0.3) is 0 Å². The van der Waals surface area contributed by atoms with Crippen molar-refractivity contribution in [2.75, 3.05) is 0 Å². The van der Waals surface area contributed by atoms with Crippen molar-refractivity contribution < 1.29 is 9.18 Å². The lowest BCUT2D eigenvalue weighted by molar-refractivity contribution is 0.0989. The maximum Gasteiger partial charge on any atom is 0.196 e. The number of carbonyl (C=O) groups excluding carboxylic acids is 1. The lowest BCUT2D eigenvalue weighted by Crippen LogP contribution is -2.03. The Bertz CT molecular complexity index is 341. The summed E-state index contributed by atoms with van der Waals surface area (Å²) in [5.74, 6) is 1.05. The monoisotopic (exact) mass is 163 g/mol. The fourth-order valence-electron chi connectivity index (χ4n) is 0.767. The normalized spacial score (nSPS) is 9.00. The molecule has 0 radical (unpaired) electrons. The molecule has 1 aromatic rings. The Balaban J connectivity index is 2.97. The molecule has 0 aliphatic heterocycles. The summed E-state index contributed by atoms with van der Waals surface area (Å²) in [7, 11) is 0. The smallest absolute Gasteiger partial charge is 0.196 e. The van der Waals surface area contributed by atoms with Crippen LogP contribution in [-0.4, -0.2) is 10.8 Å². The van der Waals surface area contributed by atoms with Gasteiger partial charge in [0.15, 0.2) is 11.6 Å². The molecule has 0 unspecified atom stereocenters. The van der Waals surface area contributed by atoms with Crippen LogP contribution in [0.2, 0.25) is 0 Å². The van der Waals surface area contributed by atoms with Crippen LogP contribution in [0.5, 0.6) is 0 Å². The summed E-state index contributed by atoms with van der Waals surface area (Å²) in [4.78, 5) is 14.6. The molecule has 0 aromatic carbocycles. The van der Waals surface area contributed by atoms with Crippen molar-refractivity contribution in [3.63, 3.8) is 0 Å². The van der Waals surface area contributed by atoms with Crippen molar-refractivity contribution in [2.45, 2.75) is 6.42 Å². The number of Topliss-reactive ketones (excluding diaryl/α,β-unsaturated/α-hetero) is 1. The predicted molar refractivity (Wildman–Crippen MR) is 42.0 cm³/mol. The number of hydrogen-bond acceptors (Lipinski definition) is 2. The van der Waals surface area contributed by atoms with Crippen LogP contribution in [0.1, 0.15) is 16.9 Å². The van der Waals surface area contributed by atoms with E-state index in [4.69, 9.17) is 6.42 Å². The van der Waals surface area contributed by atoms with Crippen LogP contribution in [-0.2, 0) is 0 Å². The van der Waals surface area contributed by atoms with Gasteiger partial charge in [0, 0.05) is 6.20 Å². The molecule has 0 atom stereocenters. The van der Waals surface area contributed by atoms with E-state index in [0.29, 0.717) is 0 Å². The van der Waals surface area contributed by atoms with Crippen LogP contribution in [0.15, 0.2) is 18.3 Å². The van der Waals surface area contributed by atoms with Crippen LogP contribution < -0.4 is 0 Å². The van der Waals surface area contributed by atoms with Gasteiger partial charge in [0.05, 0.1) is 6.42 Å². The van der Waals surface area contributed by atoms with E-state index in [-0.39, 0.29) is 12.1 Å². The number of nitrogens with zero attached hydrogens (tertiary/aromatic N) is 1. The zero-order chi connectivity index (χ0) is 8.97. The zero-order valence-corrected chi connectivity index (χ0v) is 6.25. The molecule has 0 aliphatic rings. The molecular weight excluding hydrogens is 157 g/mol. The van der Waals surface area contributed by atoms with E-state index in [1.165, 1.54) is 18.3 Å². The van der Waals surface area contributed by atoms with Gasteiger partial charge in [-0.05, 0) is 12.1 Å². The standard InChI is InChI=1S/C9H6FNO/c1-2-4-8(12)9-7(10)5-3-6-11-9/h1,3,5-6H,4H2. The third kappa shape index (κ3) is 1.67. The Kier molecular flexibility index (Phi) is 2.54. The van der Waals surface area contributed by atoms with Crippen LogP contribution in [0.4, 0.5) is 4.39 Å². The second-order valence-electron chi connectivity index (χ2n) is 2.14. The minimum Gasteiger partial charge on any atom is -0.291 e. The predicted octanol–water partition coefficient (Wildman–Crippen LogP) is 1.43. The molecule has 60 valence electrons. The number of pyridine rings is 1. The zero-order valence-electron chi connectivity index (χ0n) is 6.25. The molecule has 2 nitrogen and oxygen atoms in total. The first-order valence-corrected chi connectivity index (χ1v) is 3.33. The van der Waals surface area contributed by atoms with Crippen LogP contribution in [0.25, 0.3) is 0 Å². The van der Waals surface area contributed by atoms with E-state index in [1.54, 1.807) is 0 Å². The van der Waals surface area contributed by atoms with Crippen LogP contribution in [0.3, 0.4) is 0 Å². The molecule has 0 amide bonds. The molecule has 0 saturated heterocycles. The quantitative estimate of drug-likeness (QED) is 0.487. The average Bonchev–Trinajstić information content (AvgIpc) is 2.05. The molecule has 0 N–H and O–H groups in total. The highest BCUT2D eigenvalue weighted by Gasteiger charge is 2.10. The molecular formula is C9H6FNO. The van der Waals surface area contributed by atoms with E-state index >= 15 is 0 Å². The molecule has 1 heterocycles. The highest BCUT2D eigenvalue weighted by atomic mass is 19.1. The largest absolute Gasteiger partial charge is 0.291 e. The first-order chi connectivity index (χ1) is 5.75. The third-order valence-corrected chi connectivity index (χ3v) is 1.29. The van der Waals surface area contributed by atoms with Gasteiger partial charge < -0.3 is 0 Å². The molecule has 1 aromatic heterocycles. The number of hydrogen-bond donors (Lipinski definition) is 0. The van der Waals surface area contributed by atoms with Crippen molar-refractivity contribution in [3.8, 4) is 12.3 Å². The SMILES string of the molecule is C#CCC(=O)c1ncccc1F. The fraction of sp³-hybridized carbons (Fsp3) is 0.111. The number of rotatable bonds is 2. The molecule has 0 fully saturated rings. The van der Waals surface area contributed by atoms with Gasteiger partial charge in [-0.25, -0.2) is 9.37 Å². The summed E-state index contributed by atoms with van der Waals surface area (Å²) in [6, 6.07) is 2.60. The Morgan fingerprint density at radius 2 is 2.50 bits per heavy atom. The molecule has 0 saturated carbocycles.